The molecule has 0 aliphatic carbocycles. The molecule has 8 heteroatoms. The van der Waals surface area contributed by atoms with Gasteiger partial charge in [0.25, 0.3) is 0 Å². The van der Waals surface area contributed by atoms with Crippen LogP contribution >= 0.6 is 0 Å². The van der Waals surface area contributed by atoms with Gasteiger partial charge in [-0.05, 0) is 64.6 Å². The molecule has 0 saturated carbocycles. The van der Waals surface area contributed by atoms with Crippen molar-refractivity contribution in [2.75, 3.05) is 45.6 Å². The summed E-state index contributed by atoms with van der Waals surface area (Å²) in [5.74, 6) is 1.23. The van der Waals surface area contributed by atoms with Gasteiger partial charge in [0.15, 0.2) is 5.82 Å². The summed E-state index contributed by atoms with van der Waals surface area (Å²) in [6.07, 6.45) is 8.86. The number of H-pyrrole nitrogens is 1. The summed E-state index contributed by atoms with van der Waals surface area (Å²) in [6, 6.07) is 3.31. The number of aromatic nitrogens is 3. The Balaban J connectivity index is 1.32. The van der Waals surface area contributed by atoms with Crippen molar-refractivity contribution in [2.24, 2.45) is 5.92 Å². The van der Waals surface area contributed by atoms with Crippen molar-refractivity contribution in [3.63, 3.8) is 0 Å². The summed E-state index contributed by atoms with van der Waals surface area (Å²) in [6.45, 7) is 7.59. The van der Waals surface area contributed by atoms with Crippen molar-refractivity contribution >= 4 is 16.9 Å². The second-order valence-electron chi connectivity index (χ2n) is 9.50. The fraction of sp³-hybridized carbons (Fsp3) is 0.708. The van der Waals surface area contributed by atoms with Gasteiger partial charge in [-0.2, -0.15) is 15.2 Å². The lowest BCUT2D eigenvalue weighted by molar-refractivity contribution is 0.180. The molecule has 2 aliphatic heterocycles. The van der Waals surface area contributed by atoms with E-state index in [2.05, 4.69) is 44.8 Å². The summed E-state index contributed by atoms with van der Waals surface area (Å²) in [7, 11) is 2.28. The number of likely N-dealkylation sites (N-methyl/N-ethyl adjacent to an activating group) is 1. The number of nitrogens with two attached hydrogens (primary N) is 1. The summed E-state index contributed by atoms with van der Waals surface area (Å²) in [5, 5.41) is 9.61. The van der Waals surface area contributed by atoms with E-state index in [4.69, 9.17) is 10.5 Å². The predicted octanol–water partition coefficient (Wildman–Crippen LogP) is 3.33. The average molecular weight is 440 g/mol. The van der Waals surface area contributed by atoms with Gasteiger partial charge >= 0.3 is 6.01 Å². The minimum atomic E-state index is 0.300. The van der Waals surface area contributed by atoms with Gasteiger partial charge < -0.3 is 25.3 Å². The first-order valence-electron chi connectivity index (χ1n) is 12.2. The molecule has 0 spiro atoms. The summed E-state index contributed by atoms with van der Waals surface area (Å²) in [5.41, 5.74) is 8.97. The second-order valence-corrected chi connectivity index (χ2v) is 9.50. The summed E-state index contributed by atoms with van der Waals surface area (Å²) < 4.78 is 5.67. The lowest BCUT2D eigenvalue weighted by Crippen LogP contribution is -2.40. The molecule has 8 nitrogen and oxygen atoms in total. The number of fused-ring (bicyclic) bond motifs is 3. The van der Waals surface area contributed by atoms with Crippen LogP contribution in [0.15, 0.2) is 0 Å². The van der Waals surface area contributed by atoms with Crippen molar-refractivity contribution in [3.8, 4) is 12.1 Å². The molecule has 2 fully saturated rings. The Kier molecular flexibility index (Phi) is 7.48. The fourth-order valence-electron chi connectivity index (χ4n) is 5.22. The monoisotopic (exact) mass is 439 g/mol. The number of ether oxygens (including phenoxy) is 1. The zero-order valence-electron chi connectivity index (χ0n) is 19.6. The average Bonchev–Trinajstić information content (AvgIpc) is 3.23. The molecular weight excluding hydrogens is 402 g/mol. The molecule has 2 saturated heterocycles. The zero-order chi connectivity index (χ0) is 22.5. The number of rotatable bonds is 10. The smallest absolute Gasteiger partial charge is 0.319 e. The van der Waals surface area contributed by atoms with Crippen LogP contribution < -0.4 is 10.5 Å². The van der Waals surface area contributed by atoms with E-state index in [0.717, 1.165) is 55.1 Å². The fourth-order valence-corrected chi connectivity index (χ4v) is 5.22. The molecule has 2 unspecified atom stereocenters. The molecule has 4 heterocycles. The number of nitriles is 1. The molecule has 2 atom stereocenters. The van der Waals surface area contributed by atoms with Gasteiger partial charge in [0, 0.05) is 24.7 Å². The highest BCUT2D eigenvalue weighted by Gasteiger charge is 2.33. The van der Waals surface area contributed by atoms with Crippen molar-refractivity contribution in [1.82, 2.24) is 24.8 Å². The van der Waals surface area contributed by atoms with Gasteiger partial charge in [-0.3, -0.25) is 0 Å². The Hall–Kier alpha value is -2.37. The Morgan fingerprint density at radius 2 is 2.09 bits per heavy atom. The normalized spacial score (nSPS) is 21.7. The van der Waals surface area contributed by atoms with E-state index in [1.54, 1.807) is 0 Å². The van der Waals surface area contributed by atoms with Gasteiger partial charge in [-0.1, -0.05) is 19.8 Å². The van der Waals surface area contributed by atoms with E-state index in [1.807, 2.05) is 0 Å². The van der Waals surface area contributed by atoms with Crippen molar-refractivity contribution in [2.45, 2.75) is 64.3 Å². The maximum Gasteiger partial charge on any atom is 0.319 e. The van der Waals surface area contributed by atoms with E-state index in [0.29, 0.717) is 29.6 Å². The third-order valence-corrected chi connectivity index (χ3v) is 7.09. The van der Waals surface area contributed by atoms with Crippen molar-refractivity contribution in [1.29, 1.82) is 5.26 Å². The first-order valence-corrected chi connectivity index (χ1v) is 12.2. The molecule has 0 amide bonds. The molecule has 0 radical (unpaired) electrons. The molecule has 2 bridgehead atoms. The molecule has 2 aromatic rings. The van der Waals surface area contributed by atoms with Crippen LogP contribution in [0, 0.1) is 17.2 Å². The number of unbranched alkanes of at least 4 members (excludes halogenated alkanes) is 3. The van der Waals surface area contributed by atoms with Crippen LogP contribution in [0.1, 0.15) is 63.1 Å². The van der Waals surface area contributed by atoms with Crippen LogP contribution in [-0.4, -0.2) is 70.6 Å². The number of anilines is 1. The molecule has 3 N–H and O–H groups in total. The quantitative estimate of drug-likeness (QED) is 0.547. The number of aryl methyl sites for hydroxylation is 1. The lowest BCUT2D eigenvalue weighted by Gasteiger charge is -2.29. The second kappa shape index (κ2) is 10.5. The van der Waals surface area contributed by atoms with Crippen molar-refractivity contribution in [3.05, 3.63) is 11.3 Å². The number of aromatic amines is 1. The van der Waals surface area contributed by atoms with Gasteiger partial charge in [0.1, 0.15) is 22.8 Å². The number of nitrogen functional groups attached to an aromatic ring is 1. The molecule has 4 rings (SSSR count). The van der Waals surface area contributed by atoms with Crippen LogP contribution in [0.25, 0.3) is 11.0 Å². The van der Waals surface area contributed by atoms with Crippen molar-refractivity contribution < 1.29 is 4.74 Å². The summed E-state index contributed by atoms with van der Waals surface area (Å²) >= 11 is 0. The maximum atomic E-state index is 9.61. The number of hydrogen-bond acceptors (Lipinski definition) is 7. The van der Waals surface area contributed by atoms with Crippen LogP contribution in [0.3, 0.4) is 0 Å². The molecule has 2 aromatic heterocycles. The lowest BCUT2D eigenvalue weighted by atomic mass is 10.0. The topological polar surface area (TPSA) is 107 Å². The predicted molar refractivity (Wildman–Crippen MR) is 127 cm³/mol. The Morgan fingerprint density at radius 1 is 1.22 bits per heavy atom. The number of hydrogen-bond donors (Lipinski definition) is 2. The first kappa shape index (κ1) is 22.8. The SMILES string of the molecule is CCCCOc1nc(N)c2[nH]c(C#N)c(CCCCCN3CCC4CC(C3)N(C)C4)c2n1. The van der Waals surface area contributed by atoms with E-state index in [-0.39, 0.29) is 0 Å². The Bertz CT molecular complexity index is 950. The largest absolute Gasteiger partial charge is 0.463 e. The van der Waals surface area contributed by atoms with Crippen LogP contribution in [0.5, 0.6) is 6.01 Å². The molecule has 0 aromatic carbocycles. The van der Waals surface area contributed by atoms with Gasteiger partial charge in [-0.15, -0.1) is 0 Å². The minimum Gasteiger partial charge on any atom is -0.463 e. The Labute approximate surface area is 191 Å². The third-order valence-electron chi connectivity index (χ3n) is 7.09. The molecular formula is C24H37N7O. The Morgan fingerprint density at radius 3 is 2.91 bits per heavy atom. The maximum absolute atomic E-state index is 9.61. The van der Waals surface area contributed by atoms with E-state index in [9.17, 15) is 5.26 Å². The molecule has 32 heavy (non-hydrogen) atoms. The van der Waals surface area contributed by atoms with E-state index < -0.39 is 0 Å². The van der Waals surface area contributed by atoms with Crippen LogP contribution in [0.4, 0.5) is 5.82 Å². The number of nitrogens with one attached hydrogen (secondary N) is 1. The van der Waals surface area contributed by atoms with Crippen LogP contribution in [-0.2, 0) is 6.42 Å². The van der Waals surface area contributed by atoms with E-state index in [1.165, 1.54) is 45.4 Å². The van der Waals surface area contributed by atoms with Gasteiger partial charge in [0.2, 0.25) is 0 Å². The molecule has 174 valence electrons. The van der Waals surface area contributed by atoms with Crippen LogP contribution in [0.2, 0.25) is 0 Å². The number of likely N-dealkylation sites (tertiary alicyclic amines) is 2. The van der Waals surface area contributed by atoms with E-state index >= 15 is 0 Å². The zero-order valence-corrected chi connectivity index (χ0v) is 19.6. The highest BCUT2D eigenvalue weighted by atomic mass is 16.5. The standard InChI is InChI=1S/C24H37N7O/c1-3-4-12-32-24-28-21-19(20(14-25)27-22(21)23(26)29-24)8-6-5-7-10-31-11-9-17-13-18(16-31)30(2)15-17/h17-18,27H,3-13,15-16H2,1-2H3,(H2,26,28,29). The minimum absolute atomic E-state index is 0.300. The highest BCUT2D eigenvalue weighted by Crippen LogP contribution is 2.29. The highest BCUT2D eigenvalue weighted by molar-refractivity contribution is 5.89. The third kappa shape index (κ3) is 5.16. The van der Waals surface area contributed by atoms with Gasteiger partial charge in [-0.25, -0.2) is 0 Å². The van der Waals surface area contributed by atoms with Gasteiger partial charge in [0.05, 0.1) is 6.61 Å². The first-order chi connectivity index (χ1) is 15.6. The molecule has 2 aliphatic rings. The number of nitrogens with zero attached hydrogens (tertiary/aromatic N) is 5. The summed E-state index contributed by atoms with van der Waals surface area (Å²) in [4.78, 5) is 17.1.